The van der Waals surface area contributed by atoms with Gasteiger partial charge in [-0.05, 0) is 36.6 Å². The van der Waals surface area contributed by atoms with Crippen LogP contribution < -0.4 is 10.2 Å². The molecule has 1 aromatic rings. The fourth-order valence-electron chi connectivity index (χ4n) is 2.24. The summed E-state index contributed by atoms with van der Waals surface area (Å²) < 4.78 is 6.20. The van der Waals surface area contributed by atoms with Gasteiger partial charge >= 0.3 is 0 Å². The van der Waals surface area contributed by atoms with E-state index >= 15 is 0 Å². The minimum Gasteiger partial charge on any atom is -0.383 e. The van der Waals surface area contributed by atoms with E-state index in [0.29, 0.717) is 5.92 Å². The molecule has 0 bridgehead atoms. The van der Waals surface area contributed by atoms with Gasteiger partial charge in [0.05, 0.1) is 6.61 Å². The van der Waals surface area contributed by atoms with E-state index in [1.54, 1.807) is 7.11 Å². The molecule has 0 atom stereocenters. The minimum atomic E-state index is 0.660. The zero-order valence-electron chi connectivity index (χ0n) is 13.1. The van der Waals surface area contributed by atoms with Crippen molar-refractivity contribution in [3.63, 3.8) is 0 Å². The Morgan fingerprint density at radius 3 is 2.70 bits per heavy atom. The van der Waals surface area contributed by atoms with E-state index in [1.165, 1.54) is 11.3 Å². The van der Waals surface area contributed by atoms with E-state index < -0.39 is 0 Å². The van der Waals surface area contributed by atoms with Crippen molar-refractivity contribution >= 4 is 21.6 Å². The SMILES string of the molecule is CCN(CC(C)C)c1ccc(Br)cc1CNCCOC. The first kappa shape index (κ1) is 17.5. The Bertz CT molecular complexity index is 396. The highest BCUT2D eigenvalue weighted by Crippen LogP contribution is 2.25. The van der Waals surface area contributed by atoms with E-state index in [4.69, 9.17) is 4.74 Å². The molecule has 1 aromatic carbocycles. The predicted octanol–water partition coefficient (Wildman–Crippen LogP) is 3.67. The van der Waals surface area contributed by atoms with E-state index in [2.05, 4.69) is 65.1 Å². The highest BCUT2D eigenvalue weighted by atomic mass is 79.9. The highest BCUT2D eigenvalue weighted by molar-refractivity contribution is 9.10. The fraction of sp³-hybridized carbons (Fsp3) is 0.625. The molecule has 0 saturated carbocycles. The molecule has 0 saturated heterocycles. The van der Waals surface area contributed by atoms with Crippen molar-refractivity contribution in [2.24, 2.45) is 5.92 Å². The minimum absolute atomic E-state index is 0.660. The Morgan fingerprint density at radius 1 is 1.35 bits per heavy atom. The molecule has 3 nitrogen and oxygen atoms in total. The van der Waals surface area contributed by atoms with Gasteiger partial charge in [0, 0.05) is 43.4 Å². The molecule has 0 aliphatic heterocycles. The number of benzene rings is 1. The first-order valence-corrected chi connectivity index (χ1v) is 8.10. The normalized spacial score (nSPS) is 11.1. The predicted molar refractivity (Wildman–Crippen MR) is 90.4 cm³/mol. The molecule has 0 unspecified atom stereocenters. The smallest absolute Gasteiger partial charge is 0.0587 e. The summed E-state index contributed by atoms with van der Waals surface area (Å²) in [6, 6.07) is 6.54. The second-order valence-corrected chi connectivity index (χ2v) is 6.29. The molecule has 0 fully saturated rings. The van der Waals surface area contributed by atoms with Gasteiger partial charge < -0.3 is 15.0 Å². The Hall–Kier alpha value is -0.580. The van der Waals surface area contributed by atoms with Crippen LogP contribution in [0, 0.1) is 5.92 Å². The lowest BCUT2D eigenvalue weighted by Gasteiger charge is -2.28. The third-order valence-electron chi connectivity index (χ3n) is 3.15. The van der Waals surface area contributed by atoms with Crippen LogP contribution >= 0.6 is 15.9 Å². The number of halogens is 1. The van der Waals surface area contributed by atoms with Crippen molar-refractivity contribution in [2.45, 2.75) is 27.3 Å². The summed E-state index contributed by atoms with van der Waals surface area (Å²) in [5.41, 5.74) is 2.66. The molecule has 0 radical (unpaired) electrons. The summed E-state index contributed by atoms with van der Waals surface area (Å²) in [6.07, 6.45) is 0. The van der Waals surface area contributed by atoms with Gasteiger partial charge in [-0.25, -0.2) is 0 Å². The number of methoxy groups -OCH3 is 1. The number of anilines is 1. The number of hydrogen-bond acceptors (Lipinski definition) is 3. The lowest BCUT2D eigenvalue weighted by atomic mass is 10.1. The van der Waals surface area contributed by atoms with Crippen molar-refractivity contribution < 1.29 is 4.74 Å². The summed E-state index contributed by atoms with van der Waals surface area (Å²) in [7, 11) is 1.73. The van der Waals surface area contributed by atoms with Gasteiger partial charge in [-0.1, -0.05) is 29.8 Å². The third-order valence-corrected chi connectivity index (χ3v) is 3.64. The quantitative estimate of drug-likeness (QED) is 0.693. The molecule has 0 aliphatic carbocycles. The van der Waals surface area contributed by atoms with Crippen LogP contribution in [-0.2, 0) is 11.3 Å². The maximum absolute atomic E-state index is 5.07. The summed E-state index contributed by atoms with van der Waals surface area (Å²) in [5.74, 6) is 0.660. The Labute approximate surface area is 131 Å². The zero-order chi connectivity index (χ0) is 15.0. The van der Waals surface area contributed by atoms with Crippen LogP contribution in [-0.4, -0.2) is 33.4 Å². The van der Waals surface area contributed by atoms with Gasteiger partial charge in [-0.2, -0.15) is 0 Å². The average molecular weight is 343 g/mol. The number of hydrogen-bond donors (Lipinski definition) is 1. The molecule has 4 heteroatoms. The van der Waals surface area contributed by atoms with Crippen LogP contribution in [0.1, 0.15) is 26.3 Å². The van der Waals surface area contributed by atoms with Crippen LogP contribution in [0.25, 0.3) is 0 Å². The third kappa shape index (κ3) is 5.81. The molecule has 0 aromatic heterocycles. The molecular formula is C16H27BrN2O. The van der Waals surface area contributed by atoms with Crippen molar-refractivity contribution in [2.75, 3.05) is 38.3 Å². The zero-order valence-corrected chi connectivity index (χ0v) is 14.7. The topological polar surface area (TPSA) is 24.5 Å². The highest BCUT2D eigenvalue weighted by Gasteiger charge is 2.11. The first-order valence-electron chi connectivity index (χ1n) is 7.31. The van der Waals surface area contributed by atoms with Crippen molar-refractivity contribution in [1.29, 1.82) is 0 Å². The molecule has 114 valence electrons. The molecular weight excluding hydrogens is 316 g/mol. The van der Waals surface area contributed by atoms with E-state index in [9.17, 15) is 0 Å². The van der Waals surface area contributed by atoms with Gasteiger partial charge in [0.2, 0.25) is 0 Å². The standard InChI is InChI=1S/C16H27BrN2O/c1-5-19(12-13(2)3)16-7-6-15(17)10-14(16)11-18-8-9-20-4/h6-7,10,13,18H,5,8-9,11-12H2,1-4H3. The lowest BCUT2D eigenvalue weighted by molar-refractivity contribution is 0.199. The van der Waals surface area contributed by atoms with Crippen molar-refractivity contribution in [1.82, 2.24) is 5.32 Å². The molecule has 1 rings (SSSR count). The molecule has 0 aliphatic rings. The second kappa shape index (κ2) is 9.37. The summed E-state index contributed by atoms with van der Waals surface area (Å²) >= 11 is 3.57. The van der Waals surface area contributed by atoms with Gasteiger partial charge in [-0.3, -0.25) is 0 Å². The number of ether oxygens (including phenoxy) is 1. The van der Waals surface area contributed by atoms with E-state index in [0.717, 1.165) is 37.3 Å². The van der Waals surface area contributed by atoms with Gasteiger partial charge in [0.1, 0.15) is 0 Å². The Morgan fingerprint density at radius 2 is 2.10 bits per heavy atom. The number of nitrogens with one attached hydrogen (secondary N) is 1. The largest absolute Gasteiger partial charge is 0.383 e. The Balaban J connectivity index is 2.82. The van der Waals surface area contributed by atoms with E-state index in [1.807, 2.05) is 0 Å². The average Bonchev–Trinajstić information content (AvgIpc) is 2.41. The molecule has 1 N–H and O–H groups in total. The number of rotatable bonds is 9. The maximum Gasteiger partial charge on any atom is 0.0587 e. The van der Waals surface area contributed by atoms with Crippen LogP contribution in [0.4, 0.5) is 5.69 Å². The van der Waals surface area contributed by atoms with Gasteiger partial charge in [0.25, 0.3) is 0 Å². The molecule has 0 amide bonds. The Kier molecular flexibility index (Phi) is 8.19. The van der Waals surface area contributed by atoms with Crippen molar-refractivity contribution in [3.8, 4) is 0 Å². The van der Waals surface area contributed by atoms with Gasteiger partial charge in [0.15, 0.2) is 0 Å². The van der Waals surface area contributed by atoms with Crippen LogP contribution in [0.2, 0.25) is 0 Å². The second-order valence-electron chi connectivity index (χ2n) is 5.38. The molecule has 20 heavy (non-hydrogen) atoms. The summed E-state index contributed by atoms with van der Waals surface area (Å²) in [5, 5.41) is 3.43. The van der Waals surface area contributed by atoms with Crippen LogP contribution in [0.3, 0.4) is 0 Å². The van der Waals surface area contributed by atoms with Crippen LogP contribution in [0.15, 0.2) is 22.7 Å². The summed E-state index contributed by atoms with van der Waals surface area (Å²) in [6.45, 7) is 11.3. The maximum atomic E-state index is 5.07. The first-order chi connectivity index (χ1) is 9.58. The fourth-order valence-corrected chi connectivity index (χ4v) is 2.65. The lowest BCUT2D eigenvalue weighted by Crippen LogP contribution is -2.29. The van der Waals surface area contributed by atoms with Crippen LogP contribution in [0.5, 0.6) is 0 Å². The summed E-state index contributed by atoms with van der Waals surface area (Å²) in [4.78, 5) is 2.45. The van der Waals surface area contributed by atoms with Crippen molar-refractivity contribution in [3.05, 3.63) is 28.2 Å². The number of nitrogens with zero attached hydrogens (tertiary/aromatic N) is 1. The monoisotopic (exact) mass is 342 g/mol. The van der Waals surface area contributed by atoms with E-state index in [-0.39, 0.29) is 0 Å². The molecule has 0 spiro atoms. The van der Waals surface area contributed by atoms with Gasteiger partial charge in [-0.15, -0.1) is 0 Å². The molecule has 0 heterocycles.